The molecule has 2 aromatic rings. The lowest BCUT2D eigenvalue weighted by atomic mass is 10.2. The Kier molecular flexibility index (Phi) is 3.27. The van der Waals surface area contributed by atoms with Gasteiger partial charge in [-0.15, -0.1) is 0 Å². The molecule has 0 radical (unpaired) electrons. The number of alkyl halides is 3. The van der Waals surface area contributed by atoms with Gasteiger partial charge in [-0.05, 0) is 24.3 Å². The van der Waals surface area contributed by atoms with Gasteiger partial charge in [0.1, 0.15) is 0 Å². The van der Waals surface area contributed by atoms with Gasteiger partial charge in [-0.2, -0.15) is 18.3 Å². The third-order valence-corrected chi connectivity index (χ3v) is 2.59. The SMILES string of the molecule is Cn1nccc1CNc1cccc(C(F)(F)F)c1. The first-order chi connectivity index (χ1) is 8.47. The van der Waals surface area contributed by atoms with E-state index in [4.69, 9.17) is 0 Å². The average molecular weight is 255 g/mol. The second-order valence-corrected chi connectivity index (χ2v) is 3.88. The Morgan fingerprint density at radius 2 is 2.06 bits per heavy atom. The van der Waals surface area contributed by atoms with Gasteiger partial charge in [-0.25, -0.2) is 0 Å². The second-order valence-electron chi connectivity index (χ2n) is 3.88. The Morgan fingerprint density at radius 3 is 2.67 bits per heavy atom. The smallest absolute Gasteiger partial charge is 0.379 e. The molecule has 1 heterocycles. The van der Waals surface area contributed by atoms with E-state index in [2.05, 4.69) is 10.4 Å². The number of halogens is 3. The highest BCUT2D eigenvalue weighted by Gasteiger charge is 2.30. The van der Waals surface area contributed by atoms with Gasteiger partial charge in [-0.1, -0.05) is 6.07 Å². The zero-order valence-corrected chi connectivity index (χ0v) is 9.70. The highest BCUT2D eigenvalue weighted by atomic mass is 19.4. The minimum absolute atomic E-state index is 0.428. The highest BCUT2D eigenvalue weighted by Crippen LogP contribution is 2.30. The molecule has 0 saturated heterocycles. The summed E-state index contributed by atoms with van der Waals surface area (Å²) in [5.74, 6) is 0. The van der Waals surface area contributed by atoms with Crippen molar-refractivity contribution in [2.24, 2.45) is 7.05 Å². The van der Waals surface area contributed by atoms with Crippen molar-refractivity contribution in [1.82, 2.24) is 9.78 Å². The summed E-state index contributed by atoms with van der Waals surface area (Å²) in [4.78, 5) is 0. The maximum absolute atomic E-state index is 12.5. The lowest BCUT2D eigenvalue weighted by molar-refractivity contribution is -0.137. The van der Waals surface area contributed by atoms with Crippen molar-refractivity contribution in [1.29, 1.82) is 0 Å². The first-order valence-electron chi connectivity index (χ1n) is 5.35. The number of aromatic nitrogens is 2. The summed E-state index contributed by atoms with van der Waals surface area (Å²) in [6.45, 7) is 0.428. The summed E-state index contributed by atoms with van der Waals surface area (Å²) in [7, 11) is 1.78. The molecule has 1 N–H and O–H groups in total. The number of nitrogens with one attached hydrogen (secondary N) is 1. The summed E-state index contributed by atoms with van der Waals surface area (Å²) in [6, 6.07) is 6.94. The normalized spacial score (nSPS) is 11.6. The van der Waals surface area contributed by atoms with Crippen LogP contribution in [0.15, 0.2) is 36.5 Å². The van der Waals surface area contributed by atoms with Crippen molar-refractivity contribution < 1.29 is 13.2 Å². The molecule has 6 heteroatoms. The van der Waals surface area contributed by atoms with Crippen molar-refractivity contribution in [2.45, 2.75) is 12.7 Å². The third-order valence-electron chi connectivity index (χ3n) is 2.59. The quantitative estimate of drug-likeness (QED) is 0.913. The fourth-order valence-electron chi connectivity index (χ4n) is 1.57. The van der Waals surface area contributed by atoms with Gasteiger partial charge in [-0.3, -0.25) is 4.68 Å². The van der Waals surface area contributed by atoms with Crippen molar-refractivity contribution in [3.63, 3.8) is 0 Å². The van der Waals surface area contributed by atoms with Crippen molar-refractivity contribution in [2.75, 3.05) is 5.32 Å². The molecule has 0 saturated carbocycles. The number of hydrogen-bond acceptors (Lipinski definition) is 2. The lowest BCUT2D eigenvalue weighted by Crippen LogP contribution is -2.08. The molecule has 1 aromatic heterocycles. The van der Waals surface area contributed by atoms with Gasteiger partial charge < -0.3 is 5.32 Å². The minimum Gasteiger partial charge on any atom is -0.379 e. The molecule has 3 nitrogen and oxygen atoms in total. The van der Waals surface area contributed by atoms with Crippen molar-refractivity contribution in [3.05, 3.63) is 47.8 Å². The molecule has 18 heavy (non-hydrogen) atoms. The number of rotatable bonds is 3. The van der Waals surface area contributed by atoms with E-state index >= 15 is 0 Å². The van der Waals surface area contributed by atoms with Crippen LogP contribution in [-0.4, -0.2) is 9.78 Å². The van der Waals surface area contributed by atoms with E-state index in [0.29, 0.717) is 12.2 Å². The summed E-state index contributed by atoms with van der Waals surface area (Å²) in [5.41, 5.74) is 0.677. The Balaban J connectivity index is 2.09. The molecule has 0 aliphatic rings. The van der Waals surface area contributed by atoms with Crippen LogP contribution in [0, 0.1) is 0 Å². The molecule has 0 bridgehead atoms. The molecule has 0 amide bonds. The van der Waals surface area contributed by atoms with Crippen LogP contribution in [0.25, 0.3) is 0 Å². The molecule has 0 aliphatic carbocycles. The maximum Gasteiger partial charge on any atom is 0.416 e. The maximum atomic E-state index is 12.5. The van der Waals surface area contributed by atoms with Crippen molar-refractivity contribution >= 4 is 5.69 Å². The van der Waals surface area contributed by atoms with Crippen LogP contribution >= 0.6 is 0 Å². The summed E-state index contributed by atoms with van der Waals surface area (Å²) >= 11 is 0. The zero-order chi connectivity index (χ0) is 13.2. The predicted molar refractivity (Wildman–Crippen MR) is 62.0 cm³/mol. The van der Waals surface area contributed by atoms with E-state index in [1.165, 1.54) is 6.07 Å². The van der Waals surface area contributed by atoms with Gasteiger partial charge in [0.05, 0.1) is 17.8 Å². The standard InChI is InChI=1S/C12H12F3N3/c1-18-11(5-6-17-18)8-16-10-4-2-3-9(7-10)12(13,14)15/h2-7,16H,8H2,1H3. The molecule has 0 fully saturated rings. The third kappa shape index (κ3) is 2.82. The second kappa shape index (κ2) is 4.72. The van der Waals surface area contributed by atoms with Gasteiger partial charge in [0.15, 0.2) is 0 Å². The minimum atomic E-state index is -4.32. The Hall–Kier alpha value is -1.98. The Labute approximate surface area is 102 Å². The van der Waals surface area contributed by atoms with Gasteiger partial charge in [0.25, 0.3) is 0 Å². The predicted octanol–water partition coefficient (Wildman–Crippen LogP) is 3.05. The van der Waals surface area contributed by atoms with Crippen LogP contribution in [0.3, 0.4) is 0 Å². The van der Waals surface area contributed by atoms with Gasteiger partial charge >= 0.3 is 6.18 Å². The van der Waals surface area contributed by atoms with Gasteiger partial charge in [0.2, 0.25) is 0 Å². The van der Waals surface area contributed by atoms with Crippen LogP contribution in [0.5, 0.6) is 0 Å². The molecular formula is C12H12F3N3. The monoisotopic (exact) mass is 255 g/mol. The van der Waals surface area contributed by atoms with Crippen molar-refractivity contribution in [3.8, 4) is 0 Å². The van der Waals surface area contributed by atoms with Crippen LogP contribution < -0.4 is 5.32 Å². The molecule has 0 unspecified atom stereocenters. The van der Waals surface area contributed by atoms with Crippen LogP contribution in [0.2, 0.25) is 0 Å². The largest absolute Gasteiger partial charge is 0.416 e. The van der Waals surface area contributed by atoms with E-state index in [1.54, 1.807) is 30.1 Å². The number of benzene rings is 1. The molecule has 0 aliphatic heterocycles. The fourth-order valence-corrected chi connectivity index (χ4v) is 1.57. The average Bonchev–Trinajstić information content (AvgIpc) is 2.72. The Bertz CT molecular complexity index is 531. The van der Waals surface area contributed by atoms with E-state index in [-0.39, 0.29) is 0 Å². The fraction of sp³-hybridized carbons (Fsp3) is 0.250. The van der Waals surface area contributed by atoms with E-state index < -0.39 is 11.7 Å². The zero-order valence-electron chi connectivity index (χ0n) is 9.70. The first-order valence-corrected chi connectivity index (χ1v) is 5.35. The van der Waals surface area contributed by atoms with Gasteiger partial charge in [0, 0.05) is 18.9 Å². The molecular weight excluding hydrogens is 243 g/mol. The summed E-state index contributed by atoms with van der Waals surface area (Å²) in [6.07, 6.45) is -2.67. The van der Waals surface area contributed by atoms with E-state index in [1.807, 2.05) is 0 Å². The number of aryl methyl sites for hydroxylation is 1. The van der Waals surface area contributed by atoms with Crippen LogP contribution in [0.1, 0.15) is 11.3 Å². The molecule has 0 spiro atoms. The number of hydrogen-bond donors (Lipinski definition) is 1. The topological polar surface area (TPSA) is 29.9 Å². The lowest BCUT2D eigenvalue weighted by Gasteiger charge is -2.10. The highest BCUT2D eigenvalue weighted by molar-refractivity contribution is 5.46. The summed E-state index contributed by atoms with van der Waals surface area (Å²) in [5, 5.41) is 6.92. The Morgan fingerprint density at radius 1 is 1.28 bits per heavy atom. The first kappa shape index (κ1) is 12.5. The number of nitrogens with zero attached hydrogens (tertiary/aromatic N) is 2. The van der Waals surface area contributed by atoms with E-state index in [9.17, 15) is 13.2 Å². The molecule has 1 aromatic carbocycles. The van der Waals surface area contributed by atoms with E-state index in [0.717, 1.165) is 17.8 Å². The molecule has 2 rings (SSSR count). The molecule has 96 valence electrons. The van der Waals surface area contributed by atoms with Crippen LogP contribution in [-0.2, 0) is 19.8 Å². The number of anilines is 1. The molecule has 0 atom stereocenters. The summed E-state index contributed by atoms with van der Waals surface area (Å²) < 4.78 is 39.2. The van der Waals surface area contributed by atoms with Crippen LogP contribution in [0.4, 0.5) is 18.9 Å².